The summed E-state index contributed by atoms with van der Waals surface area (Å²) in [6.07, 6.45) is -1.63. The molecule has 70 valence electrons. The van der Waals surface area contributed by atoms with Gasteiger partial charge >= 0.3 is 0 Å². The van der Waals surface area contributed by atoms with Gasteiger partial charge in [-0.3, -0.25) is 9.59 Å². The molecule has 0 saturated carbocycles. The Labute approximate surface area is 79.0 Å². The van der Waals surface area contributed by atoms with Crippen LogP contribution in [0.2, 0.25) is 0 Å². The van der Waals surface area contributed by atoms with Crippen LogP contribution < -0.4 is 5.73 Å². The number of carbonyl (C=O) groups excluding carboxylic acids is 2. The van der Waals surface area contributed by atoms with Crippen molar-refractivity contribution in [3.63, 3.8) is 0 Å². The normalized spacial score (nSPS) is 12.4. The smallest absolute Gasteiger partial charge is 0.246 e. The number of Topliss-reactive ketones (excluding diaryl/α,β-unsaturated/α-hetero) is 1. The number of nitrogens with two attached hydrogens (primary N) is 1. The van der Waals surface area contributed by atoms with Gasteiger partial charge in [-0.05, 0) is 11.4 Å². The molecule has 0 aromatic carbocycles. The van der Waals surface area contributed by atoms with E-state index >= 15 is 0 Å². The lowest BCUT2D eigenvalue weighted by molar-refractivity contribution is -0.125. The van der Waals surface area contributed by atoms with Crippen molar-refractivity contribution < 1.29 is 14.7 Å². The molecule has 1 aromatic rings. The van der Waals surface area contributed by atoms with Crippen LogP contribution in [0.5, 0.6) is 0 Å². The molecular weight excluding hydrogens is 190 g/mol. The quantitative estimate of drug-likeness (QED) is 0.678. The number of rotatable bonds is 4. The summed E-state index contributed by atoms with van der Waals surface area (Å²) in [7, 11) is 0. The van der Waals surface area contributed by atoms with Gasteiger partial charge in [0.15, 0.2) is 5.78 Å². The highest BCUT2D eigenvalue weighted by atomic mass is 32.1. The lowest BCUT2D eigenvalue weighted by Gasteiger charge is -2.03. The summed E-state index contributed by atoms with van der Waals surface area (Å²) in [4.78, 5) is 21.7. The average Bonchev–Trinajstić information content (AvgIpc) is 2.55. The Morgan fingerprint density at radius 3 is 2.77 bits per heavy atom. The molecule has 1 unspecified atom stereocenters. The standard InChI is InChI=1S/C8H9NO3S/c9-8(12)7(11)3-6(10)5-1-2-13-4-5/h1-2,4,7,11H,3H2,(H2,9,12). The lowest BCUT2D eigenvalue weighted by atomic mass is 10.1. The summed E-state index contributed by atoms with van der Waals surface area (Å²) < 4.78 is 0. The highest BCUT2D eigenvalue weighted by Crippen LogP contribution is 2.09. The fourth-order valence-corrected chi connectivity index (χ4v) is 1.48. The van der Waals surface area contributed by atoms with E-state index in [1.807, 2.05) is 0 Å². The topological polar surface area (TPSA) is 80.4 Å². The maximum atomic E-state index is 11.3. The molecule has 13 heavy (non-hydrogen) atoms. The number of hydrogen-bond donors (Lipinski definition) is 2. The number of aliphatic hydroxyl groups is 1. The van der Waals surface area contributed by atoms with Crippen LogP contribution in [0.25, 0.3) is 0 Å². The van der Waals surface area contributed by atoms with Gasteiger partial charge in [0.25, 0.3) is 0 Å². The average molecular weight is 199 g/mol. The molecule has 1 rings (SSSR count). The Balaban J connectivity index is 2.56. The molecule has 3 N–H and O–H groups in total. The minimum absolute atomic E-state index is 0.244. The molecule has 0 aliphatic heterocycles. The molecule has 1 heterocycles. The van der Waals surface area contributed by atoms with Gasteiger partial charge in [-0.25, -0.2) is 0 Å². The number of thiophene rings is 1. The summed E-state index contributed by atoms with van der Waals surface area (Å²) >= 11 is 1.38. The minimum Gasteiger partial charge on any atom is -0.383 e. The number of primary amides is 1. The third-order valence-electron chi connectivity index (χ3n) is 1.55. The van der Waals surface area contributed by atoms with Gasteiger partial charge in [-0.15, -0.1) is 0 Å². The number of ketones is 1. The van der Waals surface area contributed by atoms with Crippen LogP contribution in [0.1, 0.15) is 16.8 Å². The van der Waals surface area contributed by atoms with Crippen LogP contribution in [-0.4, -0.2) is 22.9 Å². The maximum Gasteiger partial charge on any atom is 0.246 e. The molecule has 0 fully saturated rings. The van der Waals surface area contributed by atoms with E-state index in [4.69, 9.17) is 10.8 Å². The molecule has 0 aliphatic rings. The summed E-state index contributed by atoms with van der Waals surface area (Å²) in [5, 5.41) is 12.4. The zero-order valence-electron chi connectivity index (χ0n) is 6.77. The van der Waals surface area contributed by atoms with E-state index in [0.29, 0.717) is 5.56 Å². The third-order valence-corrected chi connectivity index (χ3v) is 2.23. The van der Waals surface area contributed by atoms with Crippen LogP contribution in [0.3, 0.4) is 0 Å². The van der Waals surface area contributed by atoms with Crippen LogP contribution in [0, 0.1) is 0 Å². The Morgan fingerprint density at radius 1 is 1.62 bits per heavy atom. The fraction of sp³-hybridized carbons (Fsp3) is 0.250. The van der Waals surface area contributed by atoms with E-state index in [9.17, 15) is 9.59 Å². The predicted octanol–water partition coefficient (Wildman–Crippen LogP) is 0.167. The van der Waals surface area contributed by atoms with E-state index in [2.05, 4.69) is 0 Å². The monoisotopic (exact) mass is 199 g/mol. The first-order chi connectivity index (χ1) is 6.11. The first kappa shape index (κ1) is 9.88. The second-order valence-electron chi connectivity index (χ2n) is 2.56. The molecule has 0 spiro atoms. The molecule has 4 nitrogen and oxygen atoms in total. The van der Waals surface area contributed by atoms with Gasteiger partial charge in [-0.1, -0.05) is 0 Å². The number of carbonyl (C=O) groups is 2. The summed E-state index contributed by atoms with van der Waals surface area (Å²) in [6.45, 7) is 0. The summed E-state index contributed by atoms with van der Waals surface area (Å²) in [6, 6.07) is 1.64. The maximum absolute atomic E-state index is 11.3. The molecule has 0 saturated heterocycles. The van der Waals surface area contributed by atoms with Gasteiger partial charge in [0.05, 0.1) is 0 Å². The SMILES string of the molecule is NC(=O)C(O)CC(=O)c1ccsc1. The molecule has 0 bridgehead atoms. The second kappa shape index (κ2) is 4.15. The molecule has 5 heteroatoms. The molecule has 0 radical (unpaired) electrons. The highest BCUT2D eigenvalue weighted by Gasteiger charge is 2.17. The molecule has 1 amide bonds. The van der Waals surface area contributed by atoms with Crippen molar-refractivity contribution in [2.75, 3.05) is 0 Å². The van der Waals surface area contributed by atoms with E-state index in [0.717, 1.165) is 0 Å². The molecular formula is C8H9NO3S. The Bertz CT molecular complexity index is 307. The minimum atomic E-state index is -1.38. The van der Waals surface area contributed by atoms with Crippen molar-refractivity contribution in [1.82, 2.24) is 0 Å². The Hall–Kier alpha value is -1.20. The van der Waals surface area contributed by atoms with Crippen molar-refractivity contribution in [3.8, 4) is 0 Å². The zero-order chi connectivity index (χ0) is 9.84. The van der Waals surface area contributed by atoms with Gasteiger partial charge in [0, 0.05) is 17.4 Å². The van der Waals surface area contributed by atoms with Crippen LogP contribution in [0.4, 0.5) is 0 Å². The first-order valence-corrected chi connectivity index (χ1v) is 4.58. The highest BCUT2D eigenvalue weighted by molar-refractivity contribution is 7.08. The van der Waals surface area contributed by atoms with Gasteiger partial charge in [-0.2, -0.15) is 11.3 Å². The number of amides is 1. The van der Waals surface area contributed by atoms with Gasteiger partial charge < -0.3 is 10.8 Å². The van der Waals surface area contributed by atoms with Crippen LogP contribution in [-0.2, 0) is 4.79 Å². The second-order valence-corrected chi connectivity index (χ2v) is 3.34. The van der Waals surface area contributed by atoms with Crippen molar-refractivity contribution in [2.24, 2.45) is 5.73 Å². The van der Waals surface area contributed by atoms with E-state index < -0.39 is 12.0 Å². The molecule has 0 aliphatic carbocycles. The largest absolute Gasteiger partial charge is 0.383 e. The summed E-state index contributed by atoms with van der Waals surface area (Å²) in [5.41, 5.74) is 5.30. The van der Waals surface area contributed by atoms with Crippen LogP contribution in [0.15, 0.2) is 16.8 Å². The van der Waals surface area contributed by atoms with Gasteiger partial charge in [0.1, 0.15) is 6.10 Å². The molecule has 1 aromatic heterocycles. The number of aliphatic hydroxyl groups excluding tert-OH is 1. The van der Waals surface area contributed by atoms with Gasteiger partial charge in [0.2, 0.25) is 5.91 Å². The van der Waals surface area contributed by atoms with Crippen LogP contribution >= 0.6 is 11.3 Å². The Morgan fingerprint density at radius 2 is 2.31 bits per heavy atom. The predicted molar refractivity (Wildman–Crippen MR) is 48.5 cm³/mol. The third kappa shape index (κ3) is 2.64. The Kier molecular flexibility index (Phi) is 3.16. The fourth-order valence-electron chi connectivity index (χ4n) is 0.817. The van der Waals surface area contributed by atoms with E-state index in [1.54, 1.807) is 16.8 Å². The summed E-state index contributed by atoms with van der Waals surface area (Å²) in [5.74, 6) is -1.14. The van der Waals surface area contributed by atoms with Crippen molar-refractivity contribution in [2.45, 2.75) is 12.5 Å². The lowest BCUT2D eigenvalue weighted by Crippen LogP contribution is -2.30. The van der Waals surface area contributed by atoms with E-state index in [-0.39, 0.29) is 12.2 Å². The zero-order valence-corrected chi connectivity index (χ0v) is 7.58. The first-order valence-electron chi connectivity index (χ1n) is 3.64. The van der Waals surface area contributed by atoms with E-state index in [1.165, 1.54) is 11.3 Å². The van der Waals surface area contributed by atoms with Crippen molar-refractivity contribution >= 4 is 23.0 Å². The molecule has 1 atom stereocenters. The van der Waals surface area contributed by atoms with Crippen molar-refractivity contribution in [1.29, 1.82) is 0 Å². The van der Waals surface area contributed by atoms with Crippen molar-refractivity contribution in [3.05, 3.63) is 22.4 Å². The number of hydrogen-bond acceptors (Lipinski definition) is 4.